The highest BCUT2D eigenvalue weighted by Gasteiger charge is 2.06. The highest BCUT2D eigenvalue weighted by molar-refractivity contribution is 5.42. The predicted octanol–water partition coefficient (Wildman–Crippen LogP) is 1.33. The summed E-state index contributed by atoms with van der Waals surface area (Å²) >= 11 is 0. The van der Waals surface area contributed by atoms with Gasteiger partial charge in [0, 0.05) is 12.4 Å². The van der Waals surface area contributed by atoms with Gasteiger partial charge in [-0.05, 0) is 18.6 Å². The third-order valence-corrected chi connectivity index (χ3v) is 2.33. The molecule has 0 saturated heterocycles. The lowest BCUT2D eigenvalue weighted by Gasteiger charge is -2.14. The van der Waals surface area contributed by atoms with E-state index in [2.05, 4.69) is 25.7 Å². The van der Waals surface area contributed by atoms with Crippen molar-refractivity contribution in [2.75, 3.05) is 10.7 Å². The number of anilines is 2. The van der Waals surface area contributed by atoms with Crippen LogP contribution in [0.4, 0.5) is 11.6 Å². The Morgan fingerprint density at radius 1 is 1.18 bits per heavy atom. The van der Waals surface area contributed by atoms with E-state index in [1.807, 2.05) is 25.3 Å². The first-order valence-electron chi connectivity index (χ1n) is 5.24. The van der Waals surface area contributed by atoms with Crippen molar-refractivity contribution in [2.24, 2.45) is 5.84 Å². The van der Waals surface area contributed by atoms with Crippen LogP contribution in [-0.2, 0) is 0 Å². The number of pyridine rings is 1. The summed E-state index contributed by atoms with van der Waals surface area (Å²) < 4.78 is 0. The molecule has 0 saturated carbocycles. The molecule has 1 atom stereocenters. The summed E-state index contributed by atoms with van der Waals surface area (Å²) in [6.07, 6.45) is 6.76. The van der Waals surface area contributed by atoms with Gasteiger partial charge in [0.1, 0.15) is 5.82 Å². The minimum absolute atomic E-state index is 0.103. The Balaban J connectivity index is 2.10. The summed E-state index contributed by atoms with van der Waals surface area (Å²) in [5, 5.41) is 3.22. The van der Waals surface area contributed by atoms with Crippen LogP contribution in [-0.4, -0.2) is 15.0 Å². The standard InChI is InChI=1S/C11H14N6/c1-8(9-3-2-4-13-5-9)15-10-6-14-7-11(16-10)17-12/h2-8H,12H2,1H3,(H2,15,16,17). The van der Waals surface area contributed by atoms with E-state index in [1.54, 1.807) is 18.6 Å². The van der Waals surface area contributed by atoms with Crippen LogP contribution in [0.3, 0.4) is 0 Å². The van der Waals surface area contributed by atoms with E-state index >= 15 is 0 Å². The van der Waals surface area contributed by atoms with Gasteiger partial charge in [-0.2, -0.15) is 0 Å². The molecule has 0 amide bonds. The molecule has 17 heavy (non-hydrogen) atoms. The van der Waals surface area contributed by atoms with Crippen LogP contribution in [0.2, 0.25) is 0 Å². The maximum absolute atomic E-state index is 5.27. The summed E-state index contributed by atoms with van der Waals surface area (Å²) in [6.45, 7) is 2.03. The minimum atomic E-state index is 0.103. The molecule has 0 fully saturated rings. The Morgan fingerprint density at radius 2 is 2.00 bits per heavy atom. The second-order valence-electron chi connectivity index (χ2n) is 3.59. The first-order chi connectivity index (χ1) is 8.29. The Morgan fingerprint density at radius 3 is 2.71 bits per heavy atom. The maximum Gasteiger partial charge on any atom is 0.160 e. The van der Waals surface area contributed by atoms with Gasteiger partial charge in [-0.1, -0.05) is 6.07 Å². The van der Waals surface area contributed by atoms with E-state index in [0.717, 1.165) is 5.56 Å². The van der Waals surface area contributed by atoms with Crippen molar-refractivity contribution in [1.29, 1.82) is 0 Å². The minimum Gasteiger partial charge on any atom is -0.362 e. The van der Waals surface area contributed by atoms with Crippen molar-refractivity contribution in [1.82, 2.24) is 15.0 Å². The third-order valence-electron chi connectivity index (χ3n) is 2.33. The van der Waals surface area contributed by atoms with Gasteiger partial charge in [-0.15, -0.1) is 0 Å². The van der Waals surface area contributed by atoms with Gasteiger partial charge < -0.3 is 10.7 Å². The molecule has 2 aromatic rings. The molecular weight excluding hydrogens is 216 g/mol. The summed E-state index contributed by atoms with van der Waals surface area (Å²) in [5.41, 5.74) is 3.54. The lowest BCUT2D eigenvalue weighted by Crippen LogP contribution is -2.12. The van der Waals surface area contributed by atoms with Gasteiger partial charge >= 0.3 is 0 Å². The van der Waals surface area contributed by atoms with E-state index in [9.17, 15) is 0 Å². The van der Waals surface area contributed by atoms with E-state index in [1.165, 1.54) is 0 Å². The van der Waals surface area contributed by atoms with Crippen molar-refractivity contribution in [3.63, 3.8) is 0 Å². The summed E-state index contributed by atoms with van der Waals surface area (Å²) in [4.78, 5) is 12.3. The van der Waals surface area contributed by atoms with Crippen LogP contribution in [0, 0.1) is 0 Å². The van der Waals surface area contributed by atoms with Gasteiger partial charge in [-0.3, -0.25) is 9.97 Å². The second kappa shape index (κ2) is 5.22. The zero-order valence-electron chi connectivity index (χ0n) is 9.46. The number of nitrogens with zero attached hydrogens (tertiary/aromatic N) is 3. The molecule has 0 aliphatic rings. The molecule has 2 rings (SSSR count). The average Bonchev–Trinajstić information content (AvgIpc) is 2.40. The van der Waals surface area contributed by atoms with Crippen LogP contribution in [0.5, 0.6) is 0 Å². The third kappa shape index (κ3) is 2.88. The molecule has 88 valence electrons. The van der Waals surface area contributed by atoms with E-state index in [0.29, 0.717) is 11.6 Å². The Kier molecular flexibility index (Phi) is 3.46. The molecule has 0 aliphatic heterocycles. The van der Waals surface area contributed by atoms with E-state index in [4.69, 9.17) is 5.84 Å². The zero-order chi connectivity index (χ0) is 12.1. The number of nitrogens with one attached hydrogen (secondary N) is 2. The Labute approximate surface area is 99.3 Å². The van der Waals surface area contributed by atoms with Gasteiger partial charge in [0.15, 0.2) is 5.82 Å². The summed E-state index contributed by atoms with van der Waals surface area (Å²) in [6, 6.07) is 4.01. The van der Waals surface area contributed by atoms with Gasteiger partial charge in [-0.25, -0.2) is 10.8 Å². The zero-order valence-corrected chi connectivity index (χ0v) is 9.46. The highest BCUT2D eigenvalue weighted by Crippen LogP contribution is 2.16. The number of hydrogen-bond donors (Lipinski definition) is 3. The van der Waals surface area contributed by atoms with Gasteiger partial charge in [0.2, 0.25) is 0 Å². The van der Waals surface area contributed by atoms with Crippen LogP contribution in [0.25, 0.3) is 0 Å². The van der Waals surface area contributed by atoms with Crippen LogP contribution < -0.4 is 16.6 Å². The quantitative estimate of drug-likeness (QED) is 0.542. The molecule has 0 spiro atoms. The molecular formula is C11H14N6. The molecule has 6 nitrogen and oxygen atoms in total. The first-order valence-corrected chi connectivity index (χ1v) is 5.24. The van der Waals surface area contributed by atoms with Crippen LogP contribution in [0.15, 0.2) is 36.9 Å². The predicted molar refractivity (Wildman–Crippen MR) is 66.1 cm³/mol. The number of aromatic nitrogens is 3. The number of nitrogens with two attached hydrogens (primary N) is 1. The molecule has 0 radical (unpaired) electrons. The smallest absolute Gasteiger partial charge is 0.160 e. The van der Waals surface area contributed by atoms with Crippen molar-refractivity contribution >= 4 is 11.6 Å². The molecule has 0 bridgehead atoms. The second-order valence-corrected chi connectivity index (χ2v) is 3.59. The number of hydrazine groups is 1. The van der Waals surface area contributed by atoms with Crippen molar-refractivity contribution in [2.45, 2.75) is 13.0 Å². The molecule has 6 heteroatoms. The van der Waals surface area contributed by atoms with Gasteiger partial charge in [0.05, 0.1) is 18.4 Å². The topological polar surface area (TPSA) is 88.8 Å². The average molecular weight is 230 g/mol. The number of nitrogen functional groups attached to an aromatic ring is 1. The van der Waals surface area contributed by atoms with Crippen LogP contribution >= 0.6 is 0 Å². The van der Waals surface area contributed by atoms with Gasteiger partial charge in [0.25, 0.3) is 0 Å². The SMILES string of the molecule is CC(Nc1cncc(NN)n1)c1cccnc1. The van der Waals surface area contributed by atoms with E-state index in [-0.39, 0.29) is 6.04 Å². The van der Waals surface area contributed by atoms with Crippen molar-refractivity contribution < 1.29 is 0 Å². The first kappa shape index (κ1) is 11.3. The molecule has 2 aromatic heterocycles. The monoisotopic (exact) mass is 230 g/mol. The number of rotatable bonds is 4. The molecule has 4 N–H and O–H groups in total. The fraction of sp³-hybridized carbons (Fsp3) is 0.182. The largest absolute Gasteiger partial charge is 0.362 e. The van der Waals surface area contributed by atoms with Crippen LogP contribution in [0.1, 0.15) is 18.5 Å². The maximum atomic E-state index is 5.27. The fourth-order valence-electron chi connectivity index (χ4n) is 1.44. The molecule has 1 unspecified atom stereocenters. The fourth-order valence-corrected chi connectivity index (χ4v) is 1.44. The molecule has 2 heterocycles. The Hall–Kier alpha value is -2.21. The summed E-state index contributed by atoms with van der Waals surface area (Å²) in [7, 11) is 0. The number of hydrogen-bond acceptors (Lipinski definition) is 6. The lowest BCUT2D eigenvalue weighted by molar-refractivity contribution is 0.863. The molecule has 0 aliphatic carbocycles. The normalized spacial score (nSPS) is 11.9. The Bertz CT molecular complexity index is 472. The van der Waals surface area contributed by atoms with E-state index < -0.39 is 0 Å². The van der Waals surface area contributed by atoms with Crippen molar-refractivity contribution in [3.8, 4) is 0 Å². The summed E-state index contributed by atoms with van der Waals surface area (Å²) in [5.74, 6) is 6.46. The lowest BCUT2D eigenvalue weighted by atomic mass is 10.1. The van der Waals surface area contributed by atoms with Crippen molar-refractivity contribution in [3.05, 3.63) is 42.5 Å². The highest BCUT2D eigenvalue weighted by atomic mass is 15.3. The molecule has 0 aromatic carbocycles.